The molecular formula is C23H19FN8O2. The van der Waals surface area contributed by atoms with E-state index in [9.17, 15) is 9.18 Å². The molecule has 5 aromatic rings. The lowest BCUT2D eigenvalue weighted by molar-refractivity contribution is 0.532. The first-order valence-electron chi connectivity index (χ1n) is 10.4. The van der Waals surface area contributed by atoms with Crippen LogP contribution in [0.3, 0.4) is 0 Å². The molecule has 0 aliphatic rings. The van der Waals surface area contributed by atoms with Gasteiger partial charge in [0.05, 0.1) is 17.2 Å². The molecule has 0 fully saturated rings. The van der Waals surface area contributed by atoms with Crippen molar-refractivity contribution in [1.82, 2.24) is 29.7 Å². The van der Waals surface area contributed by atoms with Gasteiger partial charge in [0.1, 0.15) is 40.6 Å². The Bertz CT molecular complexity index is 1570. The van der Waals surface area contributed by atoms with Gasteiger partial charge in [-0.3, -0.25) is 9.36 Å². The van der Waals surface area contributed by atoms with Crippen molar-refractivity contribution in [2.75, 3.05) is 11.1 Å². The number of aromatic nitrogens is 6. The summed E-state index contributed by atoms with van der Waals surface area (Å²) in [7, 11) is 0. The van der Waals surface area contributed by atoms with Crippen LogP contribution in [0, 0.1) is 12.7 Å². The largest absolute Gasteiger partial charge is 0.421 e. The Morgan fingerprint density at radius 1 is 1.09 bits per heavy atom. The number of nitrogens with two attached hydrogens (primary N) is 1. The number of anilines is 2. The van der Waals surface area contributed by atoms with E-state index in [-0.39, 0.29) is 22.6 Å². The van der Waals surface area contributed by atoms with E-state index in [1.165, 1.54) is 23.0 Å². The minimum absolute atomic E-state index is 0.0874. The summed E-state index contributed by atoms with van der Waals surface area (Å²) in [5, 5.41) is 11.0. The molecular weight excluding hydrogens is 439 g/mol. The second-order valence-corrected chi connectivity index (χ2v) is 7.55. The second kappa shape index (κ2) is 8.35. The molecule has 0 aliphatic heterocycles. The third kappa shape index (κ3) is 3.62. The van der Waals surface area contributed by atoms with E-state index in [0.29, 0.717) is 28.8 Å². The van der Waals surface area contributed by atoms with Crippen LogP contribution in [0.4, 0.5) is 16.0 Å². The van der Waals surface area contributed by atoms with Gasteiger partial charge in [-0.05, 0) is 31.2 Å². The topological polar surface area (TPSA) is 138 Å². The van der Waals surface area contributed by atoms with Crippen LogP contribution in [-0.2, 0) is 0 Å². The number of hydrogen-bond donors (Lipinski definition) is 2. The molecule has 34 heavy (non-hydrogen) atoms. The predicted molar refractivity (Wildman–Crippen MR) is 124 cm³/mol. The van der Waals surface area contributed by atoms with Gasteiger partial charge in [-0.15, -0.1) is 10.2 Å². The number of benzene rings is 2. The average Bonchev–Trinajstić information content (AvgIpc) is 3.25. The number of rotatable bonds is 5. The normalized spacial score (nSPS) is 12.1. The van der Waals surface area contributed by atoms with Crippen LogP contribution in [0.25, 0.3) is 28.0 Å². The molecule has 0 saturated carbocycles. The number of nitrogens with one attached hydrogen (secondary N) is 1. The summed E-state index contributed by atoms with van der Waals surface area (Å²) in [5.41, 5.74) is 6.68. The van der Waals surface area contributed by atoms with Crippen LogP contribution < -0.4 is 16.6 Å². The van der Waals surface area contributed by atoms with Gasteiger partial charge in [-0.25, -0.2) is 19.3 Å². The highest BCUT2D eigenvalue weighted by Gasteiger charge is 2.23. The van der Waals surface area contributed by atoms with Crippen LogP contribution in [0.15, 0.2) is 64.1 Å². The van der Waals surface area contributed by atoms with E-state index < -0.39 is 17.4 Å². The Labute approximate surface area is 192 Å². The number of fused-ring (bicyclic) bond motifs is 1. The zero-order chi connectivity index (χ0) is 23.8. The zero-order valence-corrected chi connectivity index (χ0v) is 18.2. The van der Waals surface area contributed by atoms with Crippen LogP contribution >= 0.6 is 0 Å². The Morgan fingerprint density at radius 3 is 2.62 bits per heavy atom. The lowest BCUT2D eigenvalue weighted by atomic mass is 10.2. The van der Waals surface area contributed by atoms with Crippen molar-refractivity contribution in [3.05, 3.63) is 82.7 Å². The van der Waals surface area contributed by atoms with Crippen LogP contribution in [-0.4, -0.2) is 29.7 Å². The van der Waals surface area contributed by atoms with E-state index in [0.717, 1.165) is 0 Å². The predicted octanol–water partition coefficient (Wildman–Crippen LogP) is 3.43. The van der Waals surface area contributed by atoms with Gasteiger partial charge in [0, 0.05) is 6.92 Å². The van der Waals surface area contributed by atoms with Gasteiger partial charge in [0.25, 0.3) is 11.4 Å². The monoisotopic (exact) mass is 458 g/mol. The van der Waals surface area contributed by atoms with Gasteiger partial charge in [-0.2, -0.15) is 0 Å². The van der Waals surface area contributed by atoms with Crippen LogP contribution in [0.1, 0.15) is 24.7 Å². The number of halogens is 1. The van der Waals surface area contributed by atoms with Gasteiger partial charge in [0.15, 0.2) is 0 Å². The highest BCUT2D eigenvalue weighted by molar-refractivity contribution is 5.80. The first kappa shape index (κ1) is 21.2. The lowest BCUT2D eigenvalue weighted by Crippen LogP contribution is -2.28. The fraction of sp³-hybridized carbons (Fsp3) is 0.130. The maximum absolute atomic E-state index is 14.6. The maximum Gasteiger partial charge on any atom is 0.269 e. The number of para-hydroxylation sites is 1. The molecule has 0 amide bonds. The number of hydrogen-bond acceptors (Lipinski definition) is 9. The van der Waals surface area contributed by atoms with Crippen LogP contribution in [0.5, 0.6) is 0 Å². The Hall–Kier alpha value is -4.67. The van der Waals surface area contributed by atoms with Crippen molar-refractivity contribution in [3.63, 3.8) is 0 Å². The van der Waals surface area contributed by atoms with Crippen molar-refractivity contribution in [1.29, 1.82) is 0 Å². The Morgan fingerprint density at radius 2 is 1.88 bits per heavy atom. The molecule has 0 saturated heterocycles. The van der Waals surface area contributed by atoms with Crippen molar-refractivity contribution in [2.24, 2.45) is 0 Å². The summed E-state index contributed by atoms with van der Waals surface area (Å²) in [5.74, 6) is 0.676. The number of nitrogen functional groups attached to an aromatic ring is 1. The van der Waals surface area contributed by atoms with E-state index in [2.05, 4.69) is 30.5 Å². The molecule has 3 heterocycles. The van der Waals surface area contributed by atoms with Gasteiger partial charge in [0.2, 0.25) is 5.89 Å². The summed E-state index contributed by atoms with van der Waals surface area (Å²) >= 11 is 0. The number of nitrogens with zero attached hydrogens (tertiary/aromatic N) is 6. The van der Waals surface area contributed by atoms with E-state index >= 15 is 0 Å². The molecule has 0 unspecified atom stereocenters. The molecule has 0 radical (unpaired) electrons. The molecule has 0 spiro atoms. The lowest BCUT2D eigenvalue weighted by Gasteiger charge is -2.21. The quantitative estimate of drug-likeness (QED) is 0.406. The van der Waals surface area contributed by atoms with E-state index in [4.69, 9.17) is 10.2 Å². The molecule has 170 valence electrons. The summed E-state index contributed by atoms with van der Waals surface area (Å²) in [6.45, 7) is 3.45. The van der Waals surface area contributed by atoms with Crippen molar-refractivity contribution in [3.8, 4) is 17.1 Å². The van der Waals surface area contributed by atoms with E-state index in [1.54, 1.807) is 44.2 Å². The molecule has 5 rings (SSSR count). The van der Waals surface area contributed by atoms with Crippen molar-refractivity contribution >= 4 is 22.5 Å². The molecule has 1 atom stereocenters. The highest BCUT2D eigenvalue weighted by atomic mass is 19.1. The molecule has 3 aromatic heterocycles. The minimum Gasteiger partial charge on any atom is -0.421 e. The zero-order valence-electron chi connectivity index (χ0n) is 18.2. The maximum atomic E-state index is 14.6. The van der Waals surface area contributed by atoms with E-state index in [1.807, 2.05) is 6.07 Å². The Kier molecular flexibility index (Phi) is 5.21. The molecule has 2 aromatic carbocycles. The molecule has 10 nitrogen and oxygen atoms in total. The number of aryl methyl sites for hydroxylation is 1. The highest BCUT2D eigenvalue weighted by Crippen LogP contribution is 2.32. The minimum atomic E-state index is -0.635. The third-order valence-corrected chi connectivity index (χ3v) is 5.24. The van der Waals surface area contributed by atoms with Crippen LogP contribution in [0.2, 0.25) is 0 Å². The van der Waals surface area contributed by atoms with Gasteiger partial charge < -0.3 is 15.5 Å². The molecule has 0 aliphatic carbocycles. The SMILES string of the molecule is Cc1nnc(-c2c(N)ncnc2N[C@@H](C)c2nc3cccc(F)c3c(=O)n2-c2ccccc2)o1. The fourth-order valence-electron chi connectivity index (χ4n) is 3.71. The standard InChI is InChI=1S/C23H19FN8O2/c1-12(28-20-18(19(25)26-11-27-20)22-31-30-13(2)34-22)21-29-16-10-6-9-15(24)17(16)23(33)32(21)14-7-4-3-5-8-14/h3-12H,1-2H3,(H3,25,26,27,28)/t12-/m0/s1. The molecule has 11 heteroatoms. The molecule has 3 N–H and O–H groups in total. The smallest absolute Gasteiger partial charge is 0.269 e. The molecule has 0 bridgehead atoms. The fourth-order valence-corrected chi connectivity index (χ4v) is 3.71. The van der Waals surface area contributed by atoms with Gasteiger partial charge >= 0.3 is 0 Å². The summed E-state index contributed by atoms with van der Waals surface area (Å²) in [6.07, 6.45) is 1.30. The Balaban J connectivity index is 1.68. The first-order chi connectivity index (χ1) is 16.4. The first-order valence-corrected chi connectivity index (χ1v) is 10.4. The summed E-state index contributed by atoms with van der Waals surface area (Å²) < 4.78 is 21.5. The summed E-state index contributed by atoms with van der Waals surface area (Å²) in [4.78, 5) is 26.4. The third-order valence-electron chi connectivity index (χ3n) is 5.24. The second-order valence-electron chi connectivity index (χ2n) is 7.55. The summed E-state index contributed by atoms with van der Waals surface area (Å²) in [6, 6.07) is 12.7. The van der Waals surface area contributed by atoms with Crippen molar-refractivity contribution < 1.29 is 8.81 Å². The average molecular weight is 458 g/mol. The van der Waals surface area contributed by atoms with Crippen molar-refractivity contribution in [2.45, 2.75) is 19.9 Å². The van der Waals surface area contributed by atoms with Gasteiger partial charge in [-0.1, -0.05) is 24.3 Å².